The predicted molar refractivity (Wildman–Crippen MR) is 84.9 cm³/mol. The zero-order chi connectivity index (χ0) is 14.7. The molecule has 114 valence electrons. The van der Waals surface area contributed by atoms with Crippen LogP contribution in [-0.4, -0.2) is 29.9 Å². The number of carbonyl (C=O) groups excluding carboxylic acids is 1. The van der Waals surface area contributed by atoms with E-state index in [0.717, 1.165) is 45.2 Å². The Morgan fingerprint density at radius 3 is 2.57 bits per heavy atom. The standard InChI is InChI=1S/C18H26N2O/c19-17-9-8-16(13-17)18(21)20-11-4-7-15(10-12-20)14-5-2-1-3-6-14/h1-3,5-6,15-17H,4,7-13,19H2/t15-,16-,17+/m0/s1. The Kier molecular flexibility index (Phi) is 4.59. The van der Waals surface area contributed by atoms with Crippen LogP contribution in [0.1, 0.15) is 50.0 Å². The molecular formula is C18H26N2O. The summed E-state index contributed by atoms with van der Waals surface area (Å²) in [5.74, 6) is 1.15. The van der Waals surface area contributed by atoms with E-state index in [1.165, 1.54) is 12.0 Å². The van der Waals surface area contributed by atoms with E-state index < -0.39 is 0 Å². The van der Waals surface area contributed by atoms with E-state index in [2.05, 4.69) is 35.2 Å². The predicted octanol–water partition coefficient (Wildman–Crippen LogP) is 2.91. The molecule has 3 nitrogen and oxygen atoms in total. The number of amides is 1. The van der Waals surface area contributed by atoms with E-state index in [0.29, 0.717) is 11.8 Å². The van der Waals surface area contributed by atoms with Crippen LogP contribution in [0.4, 0.5) is 0 Å². The van der Waals surface area contributed by atoms with E-state index in [4.69, 9.17) is 5.73 Å². The van der Waals surface area contributed by atoms with Crippen LogP contribution < -0.4 is 5.73 Å². The fourth-order valence-electron chi connectivity index (χ4n) is 3.87. The van der Waals surface area contributed by atoms with Crippen molar-refractivity contribution < 1.29 is 4.79 Å². The first kappa shape index (κ1) is 14.6. The third kappa shape index (κ3) is 3.46. The van der Waals surface area contributed by atoms with Crippen molar-refractivity contribution in [1.82, 2.24) is 4.90 Å². The molecule has 2 fully saturated rings. The number of benzene rings is 1. The second kappa shape index (κ2) is 6.61. The Balaban J connectivity index is 1.59. The maximum atomic E-state index is 12.6. The summed E-state index contributed by atoms with van der Waals surface area (Å²) in [6.07, 6.45) is 6.28. The summed E-state index contributed by atoms with van der Waals surface area (Å²) in [5, 5.41) is 0. The number of likely N-dealkylation sites (tertiary alicyclic amines) is 1. The van der Waals surface area contributed by atoms with E-state index in [-0.39, 0.29) is 12.0 Å². The van der Waals surface area contributed by atoms with Crippen LogP contribution in [0, 0.1) is 5.92 Å². The van der Waals surface area contributed by atoms with Gasteiger partial charge in [0.25, 0.3) is 0 Å². The number of nitrogens with two attached hydrogens (primary N) is 1. The smallest absolute Gasteiger partial charge is 0.225 e. The minimum absolute atomic E-state index is 0.188. The molecule has 1 aromatic rings. The fourth-order valence-corrected chi connectivity index (χ4v) is 3.87. The molecule has 1 aromatic carbocycles. The van der Waals surface area contributed by atoms with Gasteiger partial charge in [-0.25, -0.2) is 0 Å². The summed E-state index contributed by atoms with van der Waals surface area (Å²) in [6.45, 7) is 1.83. The Bertz CT molecular complexity index is 473. The molecule has 0 radical (unpaired) electrons. The number of carbonyl (C=O) groups is 1. The van der Waals surface area contributed by atoms with Gasteiger partial charge in [-0.05, 0) is 50.0 Å². The molecule has 0 bridgehead atoms. The largest absolute Gasteiger partial charge is 0.342 e. The number of hydrogen-bond acceptors (Lipinski definition) is 2. The molecule has 0 unspecified atom stereocenters. The van der Waals surface area contributed by atoms with Crippen LogP contribution in [-0.2, 0) is 4.79 Å². The van der Waals surface area contributed by atoms with Crippen molar-refractivity contribution in [2.24, 2.45) is 11.7 Å². The third-order valence-corrected chi connectivity index (χ3v) is 5.13. The van der Waals surface area contributed by atoms with Gasteiger partial charge in [0, 0.05) is 25.0 Å². The van der Waals surface area contributed by atoms with Gasteiger partial charge in [0.2, 0.25) is 5.91 Å². The zero-order valence-electron chi connectivity index (χ0n) is 12.7. The van der Waals surface area contributed by atoms with Crippen LogP contribution in [0.3, 0.4) is 0 Å². The highest BCUT2D eigenvalue weighted by Crippen LogP contribution is 2.31. The van der Waals surface area contributed by atoms with Gasteiger partial charge in [0.1, 0.15) is 0 Å². The molecule has 1 heterocycles. The van der Waals surface area contributed by atoms with Gasteiger partial charge in [-0.3, -0.25) is 4.79 Å². The topological polar surface area (TPSA) is 46.3 Å². The highest BCUT2D eigenvalue weighted by Gasteiger charge is 2.32. The molecule has 1 aliphatic carbocycles. The van der Waals surface area contributed by atoms with Crippen LogP contribution in [0.5, 0.6) is 0 Å². The van der Waals surface area contributed by atoms with Crippen LogP contribution in [0.25, 0.3) is 0 Å². The van der Waals surface area contributed by atoms with Crippen molar-refractivity contribution in [2.45, 2.75) is 50.5 Å². The molecule has 1 saturated heterocycles. The van der Waals surface area contributed by atoms with Crippen molar-refractivity contribution in [3.05, 3.63) is 35.9 Å². The molecule has 1 aliphatic heterocycles. The molecular weight excluding hydrogens is 260 g/mol. The molecule has 2 aliphatic rings. The molecule has 3 rings (SSSR count). The Labute approximate surface area is 127 Å². The molecule has 1 saturated carbocycles. The number of nitrogens with zero attached hydrogens (tertiary/aromatic N) is 1. The minimum atomic E-state index is 0.188. The van der Waals surface area contributed by atoms with Crippen molar-refractivity contribution in [1.29, 1.82) is 0 Å². The maximum absolute atomic E-state index is 12.6. The Morgan fingerprint density at radius 1 is 1.05 bits per heavy atom. The van der Waals surface area contributed by atoms with Gasteiger partial charge in [-0.2, -0.15) is 0 Å². The quantitative estimate of drug-likeness (QED) is 0.908. The molecule has 0 spiro atoms. The summed E-state index contributed by atoms with van der Waals surface area (Å²) in [6, 6.07) is 11.0. The van der Waals surface area contributed by atoms with Crippen molar-refractivity contribution >= 4 is 5.91 Å². The summed E-state index contributed by atoms with van der Waals surface area (Å²) >= 11 is 0. The SMILES string of the molecule is N[C@@H]1CC[C@H](C(=O)N2CCC[C@H](c3ccccc3)CC2)C1. The normalized spacial score (nSPS) is 30.1. The average Bonchev–Trinajstić information content (AvgIpc) is 2.81. The molecule has 21 heavy (non-hydrogen) atoms. The van der Waals surface area contributed by atoms with Crippen LogP contribution >= 0.6 is 0 Å². The summed E-state index contributed by atoms with van der Waals surface area (Å²) < 4.78 is 0. The first-order valence-electron chi connectivity index (χ1n) is 8.33. The number of rotatable bonds is 2. The molecule has 3 atom stereocenters. The maximum Gasteiger partial charge on any atom is 0.225 e. The van der Waals surface area contributed by atoms with Crippen LogP contribution in [0.2, 0.25) is 0 Å². The van der Waals surface area contributed by atoms with E-state index in [1.54, 1.807) is 0 Å². The first-order valence-corrected chi connectivity index (χ1v) is 8.33. The summed E-state index contributed by atoms with van der Waals surface area (Å²) in [4.78, 5) is 14.7. The second-order valence-electron chi connectivity index (χ2n) is 6.63. The lowest BCUT2D eigenvalue weighted by Crippen LogP contribution is -2.36. The fraction of sp³-hybridized carbons (Fsp3) is 0.611. The zero-order valence-corrected chi connectivity index (χ0v) is 12.7. The Hall–Kier alpha value is -1.35. The second-order valence-corrected chi connectivity index (χ2v) is 6.63. The van der Waals surface area contributed by atoms with Crippen LogP contribution in [0.15, 0.2) is 30.3 Å². The first-order chi connectivity index (χ1) is 10.2. The van der Waals surface area contributed by atoms with Gasteiger partial charge in [0.15, 0.2) is 0 Å². The number of hydrogen-bond donors (Lipinski definition) is 1. The van der Waals surface area contributed by atoms with Gasteiger partial charge < -0.3 is 10.6 Å². The molecule has 2 N–H and O–H groups in total. The van der Waals surface area contributed by atoms with E-state index in [1.807, 2.05) is 0 Å². The van der Waals surface area contributed by atoms with Crippen molar-refractivity contribution in [3.8, 4) is 0 Å². The lowest BCUT2D eigenvalue weighted by Gasteiger charge is -2.24. The molecule has 0 aromatic heterocycles. The summed E-state index contributed by atoms with van der Waals surface area (Å²) in [5.41, 5.74) is 7.38. The average molecular weight is 286 g/mol. The lowest BCUT2D eigenvalue weighted by molar-refractivity contribution is -0.135. The molecule has 1 amide bonds. The van der Waals surface area contributed by atoms with Gasteiger partial charge in [-0.15, -0.1) is 0 Å². The van der Waals surface area contributed by atoms with E-state index >= 15 is 0 Å². The van der Waals surface area contributed by atoms with Crippen molar-refractivity contribution in [3.63, 3.8) is 0 Å². The minimum Gasteiger partial charge on any atom is -0.342 e. The Morgan fingerprint density at radius 2 is 1.86 bits per heavy atom. The van der Waals surface area contributed by atoms with Gasteiger partial charge >= 0.3 is 0 Å². The summed E-state index contributed by atoms with van der Waals surface area (Å²) in [7, 11) is 0. The van der Waals surface area contributed by atoms with Gasteiger partial charge in [0.05, 0.1) is 0 Å². The highest BCUT2D eigenvalue weighted by molar-refractivity contribution is 5.79. The molecule has 3 heteroatoms. The van der Waals surface area contributed by atoms with Crippen molar-refractivity contribution in [2.75, 3.05) is 13.1 Å². The lowest BCUT2D eigenvalue weighted by atomic mass is 9.92. The van der Waals surface area contributed by atoms with Gasteiger partial charge in [-0.1, -0.05) is 30.3 Å². The highest BCUT2D eigenvalue weighted by atomic mass is 16.2. The van der Waals surface area contributed by atoms with E-state index in [9.17, 15) is 4.79 Å². The third-order valence-electron chi connectivity index (χ3n) is 5.13. The monoisotopic (exact) mass is 286 g/mol.